The molecule has 1 aliphatic carbocycles. The van der Waals surface area contributed by atoms with Crippen molar-refractivity contribution < 1.29 is 9.59 Å². The molecule has 1 saturated carbocycles. The fourth-order valence-corrected chi connectivity index (χ4v) is 5.28. The van der Waals surface area contributed by atoms with Crippen molar-refractivity contribution in [2.45, 2.75) is 25.8 Å². The van der Waals surface area contributed by atoms with Crippen LogP contribution in [-0.4, -0.2) is 46.4 Å². The van der Waals surface area contributed by atoms with Crippen molar-refractivity contribution >= 4 is 22.8 Å². The largest absolute Gasteiger partial charge is 0.355 e. The second kappa shape index (κ2) is 9.26. The Bertz CT molecular complexity index is 1420. The number of hydrogen-bond donors (Lipinski definition) is 1. The summed E-state index contributed by atoms with van der Waals surface area (Å²) < 4.78 is 2.25. The lowest BCUT2D eigenvalue weighted by Gasteiger charge is -2.18. The van der Waals surface area contributed by atoms with Crippen molar-refractivity contribution in [1.29, 1.82) is 0 Å². The first kappa shape index (κ1) is 22.5. The van der Waals surface area contributed by atoms with E-state index in [9.17, 15) is 9.59 Å². The van der Waals surface area contributed by atoms with E-state index < -0.39 is 0 Å². The van der Waals surface area contributed by atoms with E-state index in [4.69, 9.17) is 4.98 Å². The van der Waals surface area contributed by atoms with E-state index in [1.165, 1.54) is 5.56 Å². The first-order valence-electron chi connectivity index (χ1n) is 12.8. The van der Waals surface area contributed by atoms with Crippen LogP contribution in [0.1, 0.15) is 29.6 Å². The number of aromatic nitrogens is 2. The molecule has 6 heteroatoms. The van der Waals surface area contributed by atoms with Crippen molar-refractivity contribution in [2.24, 2.45) is 11.8 Å². The molecule has 2 heterocycles. The van der Waals surface area contributed by atoms with Gasteiger partial charge in [0.15, 0.2) is 0 Å². The highest BCUT2D eigenvalue weighted by molar-refractivity contribution is 5.97. The molecule has 2 aliphatic rings. The molecule has 3 aromatic carbocycles. The van der Waals surface area contributed by atoms with Gasteiger partial charge in [-0.1, -0.05) is 54.6 Å². The average Bonchev–Trinajstić information content (AvgIpc) is 3.58. The molecule has 6 nitrogen and oxygen atoms in total. The topological polar surface area (TPSA) is 67.2 Å². The Labute approximate surface area is 211 Å². The number of amides is 2. The third kappa shape index (κ3) is 4.28. The second-order valence-corrected chi connectivity index (χ2v) is 9.99. The van der Waals surface area contributed by atoms with Crippen LogP contribution in [0, 0.1) is 11.8 Å². The van der Waals surface area contributed by atoms with Gasteiger partial charge in [0.25, 0.3) is 5.91 Å². The number of carbonyl (C=O) groups is 2. The van der Waals surface area contributed by atoms with E-state index in [0.29, 0.717) is 17.4 Å². The fourth-order valence-electron chi connectivity index (χ4n) is 5.28. The van der Waals surface area contributed by atoms with Crippen LogP contribution in [0.3, 0.4) is 0 Å². The Balaban J connectivity index is 1.36. The number of nitrogens with zero attached hydrogens (tertiary/aromatic N) is 3. The molecule has 1 aromatic heterocycles. The minimum absolute atomic E-state index is 0.111. The Morgan fingerprint density at radius 3 is 2.36 bits per heavy atom. The molecule has 2 fully saturated rings. The lowest BCUT2D eigenvalue weighted by Crippen LogP contribution is -2.30. The Hall–Kier alpha value is -3.93. The van der Waals surface area contributed by atoms with Crippen molar-refractivity contribution in [3.63, 3.8) is 0 Å². The van der Waals surface area contributed by atoms with Crippen LogP contribution in [0.15, 0.2) is 72.8 Å². The minimum atomic E-state index is -0.111. The lowest BCUT2D eigenvalue weighted by atomic mass is 10.0. The highest BCUT2D eigenvalue weighted by atomic mass is 16.2. The minimum Gasteiger partial charge on any atom is -0.355 e. The highest BCUT2D eigenvalue weighted by Gasteiger charge is 2.36. The molecule has 182 valence electrons. The summed E-state index contributed by atoms with van der Waals surface area (Å²) in [5, 5.41) is 2.72. The monoisotopic (exact) mass is 478 g/mol. The smallest absolute Gasteiger partial charge is 0.251 e. The molecule has 1 N–H and O–H groups in total. The predicted molar refractivity (Wildman–Crippen MR) is 141 cm³/mol. The van der Waals surface area contributed by atoms with Gasteiger partial charge in [0, 0.05) is 43.7 Å². The number of benzene rings is 3. The van der Waals surface area contributed by atoms with E-state index in [0.717, 1.165) is 66.9 Å². The van der Waals surface area contributed by atoms with E-state index >= 15 is 0 Å². The Kier molecular flexibility index (Phi) is 5.80. The van der Waals surface area contributed by atoms with Gasteiger partial charge in [0.1, 0.15) is 5.82 Å². The summed E-state index contributed by atoms with van der Waals surface area (Å²) in [7, 11) is 1.65. The zero-order chi connectivity index (χ0) is 24.6. The molecule has 0 radical (unpaired) electrons. The molecule has 1 aliphatic heterocycles. The second-order valence-electron chi connectivity index (χ2n) is 9.99. The molecule has 2 amide bonds. The van der Waals surface area contributed by atoms with Gasteiger partial charge in [-0.25, -0.2) is 4.98 Å². The summed E-state index contributed by atoms with van der Waals surface area (Å²) in [6.45, 7) is 2.38. The number of likely N-dealkylation sites (tertiary alicyclic amines) is 1. The van der Waals surface area contributed by atoms with E-state index in [1.807, 2.05) is 41.3 Å². The predicted octanol–water partition coefficient (Wildman–Crippen LogP) is 4.99. The maximum absolute atomic E-state index is 12.6. The molecule has 0 bridgehead atoms. The van der Waals surface area contributed by atoms with Crippen LogP contribution in [0.25, 0.3) is 33.5 Å². The number of imidazole rings is 1. The van der Waals surface area contributed by atoms with Crippen LogP contribution < -0.4 is 5.32 Å². The molecule has 0 unspecified atom stereocenters. The molecular formula is C30H30N4O2. The third-order valence-electron chi connectivity index (χ3n) is 7.45. The quantitative estimate of drug-likeness (QED) is 0.425. The summed E-state index contributed by atoms with van der Waals surface area (Å²) in [6, 6.07) is 24.5. The van der Waals surface area contributed by atoms with Gasteiger partial charge in [-0.05, 0) is 54.5 Å². The maximum atomic E-state index is 12.6. The summed E-state index contributed by atoms with van der Waals surface area (Å²) in [6.07, 6.45) is 3.06. The van der Waals surface area contributed by atoms with Crippen LogP contribution in [-0.2, 0) is 11.3 Å². The number of nitrogens with one attached hydrogen (secondary N) is 1. The summed E-state index contributed by atoms with van der Waals surface area (Å²) in [5.41, 5.74) is 5.82. The number of carbonyl (C=O) groups excluding carboxylic acids is 2. The lowest BCUT2D eigenvalue weighted by molar-refractivity contribution is -0.131. The van der Waals surface area contributed by atoms with Gasteiger partial charge >= 0.3 is 0 Å². The maximum Gasteiger partial charge on any atom is 0.251 e. The van der Waals surface area contributed by atoms with Gasteiger partial charge in [0.05, 0.1) is 11.0 Å². The molecular weight excluding hydrogens is 448 g/mol. The van der Waals surface area contributed by atoms with Crippen molar-refractivity contribution in [2.75, 3.05) is 20.1 Å². The number of rotatable bonds is 6. The van der Waals surface area contributed by atoms with Crippen LogP contribution in [0.2, 0.25) is 0 Å². The molecule has 1 saturated heterocycles. The fraction of sp³-hybridized carbons (Fsp3) is 0.300. The molecule has 4 aromatic rings. The Morgan fingerprint density at radius 1 is 0.917 bits per heavy atom. The van der Waals surface area contributed by atoms with E-state index in [1.54, 1.807) is 7.05 Å². The van der Waals surface area contributed by atoms with E-state index in [2.05, 4.69) is 46.3 Å². The van der Waals surface area contributed by atoms with Crippen molar-refractivity contribution in [3.8, 4) is 22.5 Å². The van der Waals surface area contributed by atoms with Crippen LogP contribution in [0.4, 0.5) is 0 Å². The standard InChI is InChI=1S/C30H30N4O2/c1-31-29(35)25-13-14-26-27(17-25)34(19-20-15-16-33(18-20)30(36)24-11-12-24)28(32-26)23-9-7-22(8-10-23)21-5-3-2-4-6-21/h2-10,13-14,17,20,24H,11-12,15-16,18-19H2,1H3,(H,31,35)/t20-/m1/s1. The Morgan fingerprint density at radius 2 is 1.64 bits per heavy atom. The van der Waals surface area contributed by atoms with Gasteiger partial charge in [-0.3, -0.25) is 9.59 Å². The first-order chi connectivity index (χ1) is 17.6. The van der Waals surface area contributed by atoms with Gasteiger partial charge < -0.3 is 14.8 Å². The molecule has 1 atom stereocenters. The van der Waals surface area contributed by atoms with Gasteiger partial charge in [-0.2, -0.15) is 0 Å². The summed E-state index contributed by atoms with van der Waals surface area (Å²) >= 11 is 0. The normalized spacial score (nSPS) is 17.5. The highest BCUT2D eigenvalue weighted by Crippen LogP contribution is 2.34. The summed E-state index contributed by atoms with van der Waals surface area (Å²) in [5.74, 6) is 1.72. The van der Waals surface area contributed by atoms with Crippen molar-refractivity contribution in [3.05, 3.63) is 78.4 Å². The van der Waals surface area contributed by atoms with Gasteiger partial charge in [0.2, 0.25) is 5.91 Å². The van der Waals surface area contributed by atoms with Crippen LogP contribution in [0.5, 0.6) is 0 Å². The molecule has 0 spiro atoms. The van der Waals surface area contributed by atoms with Crippen molar-refractivity contribution in [1.82, 2.24) is 19.8 Å². The zero-order valence-corrected chi connectivity index (χ0v) is 20.5. The number of fused-ring (bicyclic) bond motifs is 1. The summed E-state index contributed by atoms with van der Waals surface area (Å²) in [4.78, 5) is 32.0. The average molecular weight is 479 g/mol. The van der Waals surface area contributed by atoms with E-state index in [-0.39, 0.29) is 11.8 Å². The first-order valence-corrected chi connectivity index (χ1v) is 12.8. The SMILES string of the molecule is CNC(=O)c1ccc2nc(-c3ccc(-c4ccccc4)cc3)n(C[C@@H]3CCN(C(=O)C4CC4)C3)c2c1. The molecule has 36 heavy (non-hydrogen) atoms. The zero-order valence-electron chi connectivity index (χ0n) is 20.5. The third-order valence-corrected chi connectivity index (χ3v) is 7.45. The van der Waals surface area contributed by atoms with Gasteiger partial charge in [-0.15, -0.1) is 0 Å². The molecule has 6 rings (SSSR count). The van der Waals surface area contributed by atoms with Crippen LogP contribution >= 0.6 is 0 Å². The number of hydrogen-bond acceptors (Lipinski definition) is 3.